The minimum Gasteiger partial charge on any atom is -0.342 e. The summed E-state index contributed by atoms with van der Waals surface area (Å²) >= 11 is 10.5. The van der Waals surface area contributed by atoms with E-state index in [1.807, 2.05) is 54.6 Å². The molecule has 0 aliphatic heterocycles. The summed E-state index contributed by atoms with van der Waals surface area (Å²) in [6.45, 7) is 0. The van der Waals surface area contributed by atoms with E-state index in [1.54, 1.807) is 0 Å². The zero-order valence-electron chi connectivity index (χ0n) is 12.2. The second-order valence-electron chi connectivity index (χ2n) is 4.87. The monoisotopic (exact) mass is 341 g/mol. The van der Waals surface area contributed by atoms with Crippen molar-refractivity contribution in [2.45, 2.75) is 6.42 Å². The minimum absolute atomic E-state index is 0.447. The number of nitrogens with zero attached hydrogens (tertiary/aromatic N) is 1. The Morgan fingerprint density at radius 2 is 1.70 bits per heavy atom. The summed E-state index contributed by atoms with van der Waals surface area (Å²) < 4.78 is 0. The third-order valence-electron chi connectivity index (χ3n) is 3.11. The quantitative estimate of drug-likeness (QED) is 0.434. The van der Waals surface area contributed by atoms with Crippen molar-refractivity contribution in [3.8, 4) is 0 Å². The molecule has 7 heteroatoms. The van der Waals surface area contributed by atoms with Crippen molar-refractivity contribution < 1.29 is 0 Å². The predicted molar refractivity (Wildman–Crippen MR) is 101 cm³/mol. The molecule has 0 spiro atoms. The fraction of sp³-hybridized carbons (Fsp3) is 0.0625. The third-order valence-corrected chi connectivity index (χ3v) is 3.56. The smallest absolute Gasteiger partial charge is 0.189 e. The van der Waals surface area contributed by atoms with E-state index in [1.165, 1.54) is 0 Å². The molecular weight excluding hydrogens is 326 g/mol. The number of hydrogen-bond acceptors (Lipinski definition) is 3. The van der Waals surface area contributed by atoms with Crippen LogP contribution in [0.1, 0.15) is 5.82 Å². The molecule has 4 N–H and O–H groups in total. The molecule has 5 nitrogen and oxygen atoms in total. The average Bonchev–Trinajstić information content (AvgIpc) is 2.96. The number of para-hydroxylation sites is 3. The molecule has 3 aromatic rings. The number of hydrogen-bond donors (Lipinski definition) is 4. The number of anilines is 1. The van der Waals surface area contributed by atoms with Crippen LogP contribution in [-0.2, 0) is 6.42 Å². The molecule has 0 saturated heterocycles. The summed E-state index contributed by atoms with van der Waals surface area (Å²) in [5.74, 6) is 0.812. The van der Waals surface area contributed by atoms with Crippen molar-refractivity contribution >= 4 is 51.3 Å². The van der Waals surface area contributed by atoms with E-state index in [2.05, 4.69) is 26.1 Å². The number of nitrogens with one attached hydrogen (secondary N) is 4. The number of rotatable bonds is 3. The number of aromatic nitrogens is 2. The Bertz CT molecular complexity index is 796. The van der Waals surface area contributed by atoms with E-state index in [0.717, 1.165) is 22.5 Å². The standard InChI is InChI=1S/C16H15N5S2/c22-15(10-14-18-12-8-4-5-9-13(12)19-14)20-21-16(23)17-11-6-2-1-3-7-11/h1-9H,10H2,(H,18,19)(H,20,22)(H2,17,21,23). The van der Waals surface area contributed by atoms with Gasteiger partial charge in [0.2, 0.25) is 0 Å². The molecule has 0 atom stereocenters. The first-order valence-electron chi connectivity index (χ1n) is 7.05. The van der Waals surface area contributed by atoms with Crippen molar-refractivity contribution in [3.63, 3.8) is 0 Å². The molecule has 1 heterocycles. The van der Waals surface area contributed by atoms with Crippen LogP contribution in [0.2, 0.25) is 0 Å². The molecule has 0 bridgehead atoms. The SMILES string of the molecule is S=C(Cc1nc2ccccc2[nH]1)NNC(=S)Nc1ccccc1. The molecule has 0 aliphatic rings. The van der Waals surface area contributed by atoms with Crippen LogP contribution in [0, 0.1) is 0 Å². The number of thiocarbonyl (C=S) groups is 2. The Hall–Kier alpha value is -2.51. The highest BCUT2D eigenvalue weighted by Gasteiger charge is 2.05. The van der Waals surface area contributed by atoms with Crippen LogP contribution in [0.5, 0.6) is 0 Å². The third kappa shape index (κ3) is 4.24. The predicted octanol–water partition coefficient (Wildman–Crippen LogP) is 2.92. The first kappa shape index (κ1) is 15.4. The van der Waals surface area contributed by atoms with Gasteiger partial charge in [0.25, 0.3) is 0 Å². The largest absolute Gasteiger partial charge is 0.342 e. The highest BCUT2D eigenvalue weighted by molar-refractivity contribution is 7.80. The average molecular weight is 341 g/mol. The number of H-pyrrole nitrogens is 1. The lowest BCUT2D eigenvalue weighted by molar-refractivity contribution is 0.865. The van der Waals surface area contributed by atoms with Gasteiger partial charge in [0.05, 0.1) is 17.5 Å². The van der Waals surface area contributed by atoms with Crippen molar-refractivity contribution in [1.29, 1.82) is 0 Å². The van der Waals surface area contributed by atoms with Gasteiger partial charge in [-0.3, -0.25) is 10.9 Å². The van der Waals surface area contributed by atoms with Crippen LogP contribution in [0.4, 0.5) is 5.69 Å². The van der Waals surface area contributed by atoms with Gasteiger partial charge in [-0.25, -0.2) is 4.98 Å². The molecule has 1 aromatic heterocycles. The summed E-state index contributed by atoms with van der Waals surface area (Å²) in [4.78, 5) is 8.33. The van der Waals surface area contributed by atoms with Gasteiger partial charge in [-0.2, -0.15) is 0 Å². The number of fused-ring (bicyclic) bond motifs is 1. The fourth-order valence-corrected chi connectivity index (χ4v) is 2.45. The molecule has 2 aromatic carbocycles. The Morgan fingerprint density at radius 1 is 0.957 bits per heavy atom. The molecule has 3 rings (SSSR count). The normalized spacial score (nSPS) is 10.3. The van der Waals surface area contributed by atoms with Gasteiger partial charge < -0.3 is 10.3 Å². The van der Waals surface area contributed by atoms with Gasteiger partial charge in [0.1, 0.15) is 10.8 Å². The van der Waals surface area contributed by atoms with Crippen molar-refractivity contribution in [1.82, 2.24) is 20.8 Å². The molecule has 116 valence electrons. The van der Waals surface area contributed by atoms with E-state index < -0.39 is 0 Å². The Morgan fingerprint density at radius 3 is 2.48 bits per heavy atom. The zero-order valence-corrected chi connectivity index (χ0v) is 13.8. The number of hydrazine groups is 1. The maximum atomic E-state index is 5.30. The van der Waals surface area contributed by atoms with Crippen LogP contribution in [0.25, 0.3) is 11.0 Å². The summed E-state index contributed by atoms with van der Waals surface area (Å²) in [7, 11) is 0. The van der Waals surface area contributed by atoms with Gasteiger partial charge in [-0.05, 0) is 36.5 Å². The van der Waals surface area contributed by atoms with Crippen LogP contribution in [0.3, 0.4) is 0 Å². The number of aromatic amines is 1. The lowest BCUT2D eigenvalue weighted by Gasteiger charge is -2.12. The first-order chi connectivity index (χ1) is 11.2. The molecule has 0 aliphatic carbocycles. The van der Waals surface area contributed by atoms with Gasteiger partial charge in [0.15, 0.2) is 5.11 Å². The maximum absolute atomic E-state index is 5.30. The second-order valence-corrected chi connectivity index (χ2v) is 5.77. The summed E-state index contributed by atoms with van der Waals surface area (Å²) in [5.41, 5.74) is 8.63. The van der Waals surface area contributed by atoms with Crippen LogP contribution >= 0.6 is 24.4 Å². The van der Waals surface area contributed by atoms with Gasteiger partial charge in [-0.1, -0.05) is 42.5 Å². The minimum atomic E-state index is 0.447. The van der Waals surface area contributed by atoms with Gasteiger partial charge in [-0.15, -0.1) is 0 Å². The van der Waals surface area contributed by atoms with Gasteiger partial charge in [0, 0.05) is 5.69 Å². The number of benzene rings is 2. The lowest BCUT2D eigenvalue weighted by Crippen LogP contribution is -2.43. The Kier molecular flexibility index (Phi) is 4.80. The molecule has 0 radical (unpaired) electrons. The summed E-state index contributed by atoms with van der Waals surface area (Å²) in [6, 6.07) is 17.6. The summed E-state index contributed by atoms with van der Waals surface area (Å²) in [6.07, 6.45) is 0.505. The molecular formula is C16H15N5S2. The number of imidazole rings is 1. The molecule has 0 amide bonds. The Labute approximate surface area is 144 Å². The topological polar surface area (TPSA) is 64.8 Å². The van der Waals surface area contributed by atoms with Crippen LogP contribution in [-0.4, -0.2) is 20.1 Å². The second kappa shape index (κ2) is 7.17. The maximum Gasteiger partial charge on any atom is 0.189 e. The highest BCUT2D eigenvalue weighted by Crippen LogP contribution is 2.10. The van der Waals surface area contributed by atoms with Gasteiger partial charge >= 0.3 is 0 Å². The van der Waals surface area contributed by atoms with E-state index in [0.29, 0.717) is 16.5 Å². The lowest BCUT2D eigenvalue weighted by atomic mass is 10.3. The highest BCUT2D eigenvalue weighted by atomic mass is 32.1. The molecule has 0 fully saturated rings. The summed E-state index contributed by atoms with van der Waals surface area (Å²) in [5, 5.41) is 3.50. The van der Waals surface area contributed by atoms with Crippen molar-refractivity contribution in [3.05, 3.63) is 60.4 Å². The molecule has 0 unspecified atom stereocenters. The molecule has 0 saturated carbocycles. The fourth-order valence-electron chi connectivity index (χ4n) is 2.10. The van der Waals surface area contributed by atoms with E-state index >= 15 is 0 Å². The Balaban J connectivity index is 1.50. The van der Waals surface area contributed by atoms with Crippen LogP contribution in [0.15, 0.2) is 54.6 Å². The molecule has 23 heavy (non-hydrogen) atoms. The van der Waals surface area contributed by atoms with E-state index in [4.69, 9.17) is 24.4 Å². The van der Waals surface area contributed by atoms with Crippen molar-refractivity contribution in [2.24, 2.45) is 0 Å². The first-order valence-corrected chi connectivity index (χ1v) is 7.87. The van der Waals surface area contributed by atoms with Crippen molar-refractivity contribution in [2.75, 3.05) is 5.32 Å². The van der Waals surface area contributed by atoms with E-state index in [-0.39, 0.29) is 0 Å². The van der Waals surface area contributed by atoms with Crippen LogP contribution < -0.4 is 16.2 Å². The van der Waals surface area contributed by atoms with E-state index in [9.17, 15) is 0 Å². The zero-order chi connectivity index (χ0) is 16.1.